The maximum absolute atomic E-state index is 14.3. The van der Waals surface area contributed by atoms with Crippen LogP contribution in [-0.4, -0.2) is 51.4 Å². The van der Waals surface area contributed by atoms with E-state index in [2.05, 4.69) is 15.9 Å². The molecule has 0 aliphatic carbocycles. The van der Waals surface area contributed by atoms with Gasteiger partial charge in [-0.2, -0.15) is 0 Å². The van der Waals surface area contributed by atoms with Crippen molar-refractivity contribution in [3.63, 3.8) is 0 Å². The fraction of sp³-hybridized carbons (Fsp3) is 0.350. The summed E-state index contributed by atoms with van der Waals surface area (Å²) in [6, 6.07) is 9.63. The van der Waals surface area contributed by atoms with E-state index in [1.807, 2.05) is 11.0 Å². The lowest BCUT2D eigenvalue weighted by Crippen LogP contribution is -2.39. The maximum atomic E-state index is 14.3. The molecule has 0 amide bonds. The van der Waals surface area contributed by atoms with Crippen LogP contribution in [0.4, 0.5) is 10.1 Å². The highest BCUT2D eigenvalue weighted by Gasteiger charge is 2.47. The summed E-state index contributed by atoms with van der Waals surface area (Å²) in [7, 11) is -0.0501. The monoisotopic (exact) mass is 514 g/mol. The minimum atomic E-state index is -3.18. The third kappa shape index (κ3) is 4.17. The molecule has 0 bridgehead atoms. The fourth-order valence-corrected chi connectivity index (χ4v) is 6.96. The highest BCUT2D eigenvalue weighted by atomic mass is 79.9. The number of halogens is 2. The Morgan fingerprint density at radius 2 is 2.00 bits per heavy atom. The van der Waals surface area contributed by atoms with Gasteiger partial charge < -0.3 is 14.4 Å². The van der Waals surface area contributed by atoms with Crippen LogP contribution in [0.3, 0.4) is 0 Å². The Morgan fingerprint density at radius 3 is 2.70 bits per heavy atom. The van der Waals surface area contributed by atoms with Gasteiger partial charge in [-0.15, -0.1) is 0 Å². The van der Waals surface area contributed by atoms with Gasteiger partial charge in [0.05, 0.1) is 43.5 Å². The van der Waals surface area contributed by atoms with E-state index in [1.165, 1.54) is 17.8 Å². The van der Waals surface area contributed by atoms with Gasteiger partial charge in [0.1, 0.15) is 17.3 Å². The predicted octanol–water partition coefficient (Wildman–Crippen LogP) is 3.88. The van der Waals surface area contributed by atoms with Crippen molar-refractivity contribution in [3.8, 4) is 11.5 Å². The van der Waals surface area contributed by atoms with Gasteiger partial charge >= 0.3 is 0 Å². The molecule has 0 saturated carbocycles. The van der Waals surface area contributed by atoms with E-state index in [-0.39, 0.29) is 29.4 Å². The molecule has 4 rings (SSSR count). The van der Waals surface area contributed by atoms with Crippen LogP contribution < -0.4 is 14.4 Å². The number of thioether (sulfide) groups is 1. The van der Waals surface area contributed by atoms with Gasteiger partial charge in [0.15, 0.2) is 15.0 Å². The van der Waals surface area contributed by atoms with Gasteiger partial charge in [0.2, 0.25) is 0 Å². The molecule has 2 atom stereocenters. The second-order valence-corrected chi connectivity index (χ2v) is 11.1. The van der Waals surface area contributed by atoms with Crippen LogP contribution in [0.2, 0.25) is 0 Å². The Hall–Kier alpha value is -1.78. The van der Waals surface area contributed by atoms with Gasteiger partial charge in [0, 0.05) is 16.3 Å². The number of ether oxygens (including phenoxy) is 2. The van der Waals surface area contributed by atoms with Gasteiger partial charge in [-0.1, -0.05) is 33.8 Å². The van der Waals surface area contributed by atoms with E-state index in [0.29, 0.717) is 38.1 Å². The normalized spacial score (nSPS) is 22.0. The van der Waals surface area contributed by atoms with Crippen molar-refractivity contribution < 1.29 is 22.3 Å². The molecule has 1 saturated heterocycles. The van der Waals surface area contributed by atoms with Crippen LogP contribution in [0.1, 0.15) is 5.56 Å². The highest BCUT2D eigenvalue weighted by Crippen LogP contribution is 2.41. The molecule has 0 N–H and O–H groups in total. The lowest BCUT2D eigenvalue weighted by atomic mass is 10.1. The van der Waals surface area contributed by atoms with Crippen molar-refractivity contribution in [2.75, 3.05) is 30.6 Å². The minimum absolute atomic E-state index is 0.0111. The third-order valence-corrected chi connectivity index (χ3v) is 8.33. The molecule has 160 valence electrons. The van der Waals surface area contributed by atoms with Crippen LogP contribution in [0.5, 0.6) is 11.5 Å². The van der Waals surface area contributed by atoms with Gasteiger partial charge in [-0.25, -0.2) is 12.8 Å². The van der Waals surface area contributed by atoms with E-state index in [9.17, 15) is 12.8 Å². The first-order valence-electron chi connectivity index (χ1n) is 9.17. The topological polar surface area (TPSA) is 68.2 Å². The minimum Gasteiger partial charge on any atom is -0.497 e. The number of hydrogen-bond donors (Lipinski definition) is 0. The number of rotatable bonds is 5. The largest absolute Gasteiger partial charge is 0.497 e. The molecule has 2 aromatic carbocycles. The number of amidine groups is 1. The van der Waals surface area contributed by atoms with E-state index >= 15 is 0 Å². The highest BCUT2D eigenvalue weighted by molar-refractivity contribution is 9.10. The molecule has 2 heterocycles. The van der Waals surface area contributed by atoms with Crippen molar-refractivity contribution in [2.24, 2.45) is 4.99 Å². The summed E-state index contributed by atoms with van der Waals surface area (Å²) < 4.78 is 50.3. The molecule has 10 heteroatoms. The summed E-state index contributed by atoms with van der Waals surface area (Å²) in [6.45, 7) is 0. The second-order valence-electron chi connectivity index (χ2n) is 7.06. The molecule has 0 aromatic heterocycles. The second kappa shape index (κ2) is 8.39. The standard InChI is InChI=1S/C20H20BrFN2O4S2/c1-27-14-5-6-19(28-2)17(8-14)24-18-11-30(25,26)10-16(18)23-20(24)29-9-12-3-4-13(21)7-15(12)22/h3-8,16,18H,9-11H2,1-2H3/t16-,18-/m0/s1. The average Bonchev–Trinajstić information content (AvgIpc) is 3.17. The fourth-order valence-electron chi connectivity index (χ4n) is 3.68. The first kappa shape index (κ1) is 21.5. The molecule has 30 heavy (non-hydrogen) atoms. The number of sulfone groups is 1. The number of fused-ring (bicyclic) bond motifs is 1. The van der Waals surface area contributed by atoms with Crippen molar-refractivity contribution >= 4 is 48.4 Å². The number of hydrogen-bond acceptors (Lipinski definition) is 7. The Bertz CT molecular complexity index is 1110. The summed E-state index contributed by atoms with van der Waals surface area (Å²) in [6.07, 6.45) is 0. The summed E-state index contributed by atoms with van der Waals surface area (Å²) in [5.74, 6) is 1.30. The van der Waals surface area contributed by atoms with Gasteiger partial charge in [0.25, 0.3) is 0 Å². The molecular formula is C20H20BrFN2O4S2. The van der Waals surface area contributed by atoms with Crippen LogP contribution in [0.25, 0.3) is 0 Å². The number of benzene rings is 2. The molecule has 2 aromatic rings. The van der Waals surface area contributed by atoms with E-state index in [1.54, 1.807) is 38.5 Å². The van der Waals surface area contributed by atoms with Crippen LogP contribution in [-0.2, 0) is 15.6 Å². The van der Waals surface area contributed by atoms with Crippen molar-refractivity contribution in [1.29, 1.82) is 0 Å². The summed E-state index contributed by atoms with van der Waals surface area (Å²) in [4.78, 5) is 6.60. The van der Waals surface area contributed by atoms with Crippen LogP contribution in [0.15, 0.2) is 45.9 Å². The number of anilines is 1. The first-order chi connectivity index (χ1) is 14.3. The smallest absolute Gasteiger partial charge is 0.164 e. The van der Waals surface area contributed by atoms with Crippen molar-refractivity contribution in [2.45, 2.75) is 17.8 Å². The molecule has 0 radical (unpaired) electrons. The molecule has 2 aliphatic heterocycles. The SMILES string of the molecule is COc1ccc(OC)c(N2C(SCc3ccc(Br)cc3F)=N[C@H]3CS(=O)(=O)C[C@@H]32)c1. The number of nitrogens with zero attached hydrogens (tertiary/aromatic N) is 2. The zero-order valence-electron chi connectivity index (χ0n) is 16.3. The Morgan fingerprint density at radius 1 is 1.20 bits per heavy atom. The Kier molecular flexibility index (Phi) is 6.00. The lowest BCUT2D eigenvalue weighted by molar-refractivity contribution is 0.403. The third-order valence-electron chi connectivity index (χ3n) is 5.12. The van der Waals surface area contributed by atoms with Crippen molar-refractivity contribution in [1.82, 2.24) is 0 Å². The maximum Gasteiger partial charge on any atom is 0.164 e. The van der Waals surface area contributed by atoms with E-state index in [4.69, 9.17) is 14.5 Å². The Balaban J connectivity index is 1.69. The lowest BCUT2D eigenvalue weighted by Gasteiger charge is -2.28. The molecule has 0 unspecified atom stereocenters. The first-order valence-corrected chi connectivity index (χ1v) is 12.8. The Labute approximate surface area is 187 Å². The summed E-state index contributed by atoms with van der Waals surface area (Å²) in [5, 5.41) is 0.647. The van der Waals surface area contributed by atoms with E-state index in [0.717, 1.165) is 0 Å². The van der Waals surface area contributed by atoms with Crippen LogP contribution >= 0.6 is 27.7 Å². The zero-order chi connectivity index (χ0) is 21.5. The summed E-state index contributed by atoms with van der Waals surface area (Å²) in [5.41, 5.74) is 1.23. The zero-order valence-corrected chi connectivity index (χ0v) is 19.6. The van der Waals surface area contributed by atoms with Crippen LogP contribution in [0, 0.1) is 5.82 Å². The molecular weight excluding hydrogens is 495 g/mol. The predicted molar refractivity (Wildman–Crippen MR) is 121 cm³/mol. The number of methoxy groups -OCH3 is 2. The van der Waals surface area contributed by atoms with Gasteiger partial charge in [-0.3, -0.25) is 4.99 Å². The molecule has 2 aliphatic rings. The quantitative estimate of drug-likeness (QED) is 0.602. The average molecular weight is 515 g/mol. The van der Waals surface area contributed by atoms with Crippen molar-refractivity contribution in [3.05, 3.63) is 52.3 Å². The number of aliphatic imine (C=N–C) groups is 1. The summed E-state index contributed by atoms with van der Waals surface area (Å²) >= 11 is 4.64. The molecule has 1 fully saturated rings. The molecule has 0 spiro atoms. The molecule has 6 nitrogen and oxygen atoms in total. The van der Waals surface area contributed by atoms with Gasteiger partial charge in [-0.05, 0) is 29.8 Å². The van der Waals surface area contributed by atoms with E-state index < -0.39 is 9.84 Å².